The van der Waals surface area contributed by atoms with Crippen molar-refractivity contribution in [2.24, 2.45) is 16.7 Å². The number of fused-ring (bicyclic) bond motifs is 2. The molecular formula is C29H22F5NO8S. The molecule has 2 amide bonds. The zero-order valence-electron chi connectivity index (χ0n) is 22.9. The van der Waals surface area contributed by atoms with Crippen LogP contribution in [-0.2, 0) is 14.9 Å². The van der Waals surface area contributed by atoms with Gasteiger partial charge in [-0.3, -0.25) is 24.3 Å². The van der Waals surface area contributed by atoms with Gasteiger partial charge in [0.25, 0.3) is 21.9 Å². The number of carbonyl (C=O) groups excluding carboxylic acids is 4. The monoisotopic (exact) mass is 639 g/mol. The zero-order valence-corrected chi connectivity index (χ0v) is 23.7. The van der Waals surface area contributed by atoms with Gasteiger partial charge < -0.3 is 4.74 Å². The number of Topliss-reactive ketones (excluding diaryl/α,β-unsaturated/α-hetero) is 1. The molecule has 2 atom stereocenters. The van der Waals surface area contributed by atoms with E-state index in [1.807, 2.05) is 13.8 Å². The number of carbonyl (C=O) groups is 4. The molecule has 0 radical (unpaired) electrons. The highest BCUT2D eigenvalue weighted by Gasteiger charge is 2.65. The number of amides is 2. The average Bonchev–Trinajstić information content (AvgIpc) is 3.27. The summed E-state index contributed by atoms with van der Waals surface area (Å²) in [5, 5.41) is 2.61. The Labute approximate surface area is 246 Å². The largest absolute Gasteiger partial charge is 0.423 e. The van der Waals surface area contributed by atoms with Gasteiger partial charge in [-0.15, -0.1) is 0 Å². The van der Waals surface area contributed by atoms with Crippen molar-refractivity contribution in [3.8, 4) is 5.75 Å². The van der Waals surface area contributed by atoms with Crippen LogP contribution >= 0.6 is 0 Å². The Kier molecular flexibility index (Phi) is 7.40. The van der Waals surface area contributed by atoms with E-state index in [0.717, 1.165) is 12.5 Å². The number of hydrogen-bond acceptors (Lipinski definition) is 7. The number of ether oxygens (including phenoxy) is 1. The second-order valence-electron chi connectivity index (χ2n) is 11.4. The molecule has 2 aliphatic carbocycles. The highest BCUT2D eigenvalue weighted by Crippen LogP contribution is 2.64. The quantitative estimate of drug-likeness (QED) is 0.0780. The minimum Gasteiger partial charge on any atom is -0.423 e. The SMILES string of the molecule is CC1(C)C2CCC1(CS(=O)(=O)O)C(=O)C2.O=C(Oc1cc2c3c(cccc3c1)C(=O)NC2=O)c1c(F)c(F)c(F)c(F)c1F. The predicted octanol–water partition coefficient (Wildman–Crippen LogP) is 4.91. The fourth-order valence-corrected chi connectivity index (χ4v) is 7.73. The van der Waals surface area contributed by atoms with E-state index in [4.69, 9.17) is 9.29 Å². The molecule has 0 saturated heterocycles. The molecule has 1 heterocycles. The van der Waals surface area contributed by atoms with Crippen LogP contribution in [0, 0.1) is 45.8 Å². The van der Waals surface area contributed by atoms with Gasteiger partial charge in [-0.25, -0.2) is 26.7 Å². The second-order valence-corrected chi connectivity index (χ2v) is 12.8. The van der Waals surface area contributed by atoms with Crippen LogP contribution < -0.4 is 10.1 Å². The van der Waals surface area contributed by atoms with Crippen molar-refractivity contribution in [1.82, 2.24) is 5.32 Å². The van der Waals surface area contributed by atoms with Gasteiger partial charge in [0.1, 0.15) is 17.1 Å². The molecule has 9 nitrogen and oxygen atoms in total. The molecule has 1 aliphatic heterocycles. The third-order valence-corrected chi connectivity index (χ3v) is 9.72. The van der Waals surface area contributed by atoms with Crippen molar-refractivity contribution in [1.29, 1.82) is 0 Å². The lowest BCUT2D eigenvalue weighted by molar-refractivity contribution is -0.128. The van der Waals surface area contributed by atoms with Crippen LogP contribution in [0.15, 0.2) is 30.3 Å². The highest BCUT2D eigenvalue weighted by atomic mass is 32.2. The van der Waals surface area contributed by atoms with Crippen LogP contribution in [0.25, 0.3) is 10.8 Å². The molecule has 2 saturated carbocycles. The molecule has 0 spiro atoms. The Hall–Kier alpha value is -4.24. The van der Waals surface area contributed by atoms with Gasteiger partial charge in [-0.1, -0.05) is 26.0 Å². The topological polar surface area (TPSA) is 144 Å². The fraction of sp³-hybridized carbons (Fsp3) is 0.310. The zero-order chi connectivity index (χ0) is 32.5. The molecule has 15 heteroatoms. The Morgan fingerprint density at radius 2 is 1.55 bits per heavy atom. The van der Waals surface area contributed by atoms with Gasteiger partial charge in [0.2, 0.25) is 5.82 Å². The standard InChI is InChI=1S/C19H6F5NO4.C10H16O4S/c20-12-11(13(21)15(23)16(24)14(12)22)19(28)29-7-4-6-2-1-3-8-10(6)9(5-7)18(27)25-17(8)26;1-9(2)7-3-4-10(9,8(11)5-7)6-15(12,13)14/h1-5H,(H,25,26,27);7H,3-6H2,1-2H3,(H,12,13,14). The van der Waals surface area contributed by atoms with E-state index >= 15 is 0 Å². The molecular weight excluding hydrogens is 617 g/mol. The number of rotatable bonds is 4. The first-order valence-electron chi connectivity index (χ1n) is 13.0. The first kappa shape index (κ1) is 31.2. The van der Waals surface area contributed by atoms with E-state index in [1.54, 1.807) is 0 Å². The number of halogens is 5. The maximum atomic E-state index is 13.8. The summed E-state index contributed by atoms with van der Waals surface area (Å²) in [6.07, 6.45) is 1.97. The van der Waals surface area contributed by atoms with Gasteiger partial charge in [0, 0.05) is 17.4 Å². The van der Waals surface area contributed by atoms with Crippen LogP contribution in [0.4, 0.5) is 22.0 Å². The molecule has 3 aromatic carbocycles. The number of ketones is 1. The van der Waals surface area contributed by atoms with Crippen LogP contribution in [0.2, 0.25) is 0 Å². The molecule has 232 valence electrons. The van der Waals surface area contributed by atoms with Crippen molar-refractivity contribution in [3.05, 3.63) is 76.1 Å². The van der Waals surface area contributed by atoms with Crippen LogP contribution in [0.5, 0.6) is 5.75 Å². The molecule has 3 aliphatic rings. The molecule has 0 aromatic heterocycles. The van der Waals surface area contributed by atoms with Gasteiger partial charge in [0.05, 0.1) is 16.7 Å². The molecule has 2 N–H and O–H groups in total. The molecule has 44 heavy (non-hydrogen) atoms. The summed E-state index contributed by atoms with van der Waals surface area (Å²) in [7, 11) is -4.08. The summed E-state index contributed by atoms with van der Waals surface area (Å²) in [5.74, 6) is -15.5. The molecule has 2 bridgehead atoms. The second kappa shape index (κ2) is 10.4. The van der Waals surface area contributed by atoms with Crippen LogP contribution in [0.1, 0.15) is 64.2 Å². The van der Waals surface area contributed by atoms with Crippen molar-refractivity contribution in [2.45, 2.75) is 33.1 Å². The number of imide groups is 1. The Bertz CT molecular complexity index is 1900. The van der Waals surface area contributed by atoms with Gasteiger partial charge in [-0.05, 0) is 47.8 Å². The van der Waals surface area contributed by atoms with E-state index < -0.39 is 79.5 Å². The summed E-state index contributed by atoms with van der Waals surface area (Å²) in [6, 6.07) is 6.60. The molecule has 6 rings (SSSR count). The van der Waals surface area contributed by atoms with Crippen molar-refractivity contribution >= 4 is 44.5 Å². The van der Waals surface area contributed by atoms with Gasteiger partial charge in [-0.2, -0.15) is 8.42 Å². The average molecular weight is 640 g/mol. The van der Waals surface area contributed by atoms with Crippen molar-refractivity contribution in [2.75, 3.05) is 5.75 Å². The minimum atomic E-state index is -4.08. The first-order chi connectivity index (χ1) is 20.4. The lowest BCUT2D eigenvalue weighted by Gasteiger charge is -2.35. The normalized spacial score (nSPS) is 21.6. The van der Waals surface area contributed by atoms with Crippen LogP contribution in [0.3, 0.4) is 0 Å². The minimum absolute atomic E-state index is 0.0152. The van der Waals surface area contributed by atoms with Crippen LogP contribution in [-0.4, -0.2) is 42.3 Å². The number of esters is 1. The molecule has 2 fully saturated rings. The predicted molar refractivity (Wildman–Crippen MR) is 142 cm³/mol. The maximum absolute atomic E-state index is 13.8. The van der Waals surface area contributed by atoms with Crippen molar-refractivity contribution < 1.29 is 58.8 Å². The van der Waals surface area contributed by atoms with Crippen molar-refractivity contribution in [3.63, 3.8) is 0 Å². The van der Waals surface area contributed by atoms with Gasteiger partial charge in [0.15, 0.2) is 23.3 Å². The number of hydrogen-bond donors (Lipinski definition) is 2. The molecule has 2 unspecified atom stereocenters. The lowest BCUT2D eigenvalue weighted by atomic mass is 9.70. The maximum Gasteiger partial charge on any atom is 0.349 e. The molecule has 3 aromatic rings. The summed E-state index contributed by atoms with van der Waals surface area (Å²) in [5.41, 5.74) is -2.79. The fourth-order valence-electron chi connectivity index (χ4n) is 6.43. The summed E-state index contributed by atoms with van der Waals surface area (Å²) < 4.78 is 103. The third-order valence-electron chi connectivity index (χ3n) is 8.86. The van der Waals surface area contributed by atoms with E-state index in [0.29, 0.717) is 12.8 Å². The van der Waals surface area contributed by atoms with E-state index in [-0.39, 0.29) is 39.0 Å². The Balaban J connectivity index is 0.000000215. The smallest absolute Gasteiger partial charge is 0.349 e. The third kappa shape index (κ3) is 4.83. The van der Waals surface area contributed by atoms with Gasteiger partial charge >= 0.3 is 5.97 Å². The summed E-state index contributed by atoms with van der Waals surface area (Å²) >= 11 is 0. The highest BCUT2D eigenvalue weighted by molar-refractivity contribution is 7.85. The Morgan fingerprint density at radius 1 is 0.955 bits per heavy atom. The lowest BCUT2D eigenvalue weighted by Crippen LogP contribution is -2.42. The summed E-state index contributed by atoms with van der Waals surface area (Å²) in [4.78, 5) is 48.0. The first-order valence-corrected chi connectivity index (χ1v) is 14.6. The number of nitrogens with one attached hydrogen (secondary N) is 1. The van der Waals surface area contributed by atoms with E-state index in [1.165, 1.54) is 24.3 Å². The number of benzene rings is 3. The van der Waals surface area contributed by atoms with E-state index in [2.05, 4.69) is 5.32 Å². The van der Waals surface area contributed by atoms with E-state index in [9.17, 15) is 49.5 Å². The summed E-state index contributed by atoms with van der Waals surface area (Å²) in [6.45, 7) is 3.89. The Morgan fingerprint density at radius 3 is 2.09 bits per heavy atom.